The highest BCUT2D eigenvalue weighted by atomic mass is 16.5. The Morgan fingerprint density at radius 3 is 2.23 bits per heavy atom. The van der Waals surface area contributed by atoms with E-state index in [-0.39, 0.29) is 5.91 Å². The second-order valence-electron chi connectivity index (χ2n) is 6.54. The first-order valence-electron chi connectivity index (χ1n) is 9.23. The van der Waals surface area contributed by atoms with Crippen LogP contribution in [0.25, 0.3) is 6.08 Å². The predicted octanol–water partition coefficient (Wildman–Crippen LogP) is 4.73. The van der Waals surface area contributed by atoms with Crippen LogP contribution in [-0.4, -0.2) is 26.1 Å². The Balaban J connectivity index is 1.55. The van der Waals surface area contributed by atoms with Gasteiger partial charge in [0, 0.05) is 30.5 Å². The third-order valence-corrected chi connectivity index (χ3v) is 4.65. The largest absolute Gasteiger partial charge is 0.497 e. The molecule has 0 bridgehead atoms. The van der Waals surface area contributed by atoms with E-state index in [0.29, 0.717) is 0 Å². The number of methoxy groups -OCH3 is 1. The number of carbonyl (C=O) groups excluding carboxylic acids is 1. The molecule has 1 aliphatic rings. The maximum absolute atomic E-state index is 12.1. The molecule has 2 aromatic rings. The molecular weight excluding hydrogens is 324 g/mol. The zero-order valence-corrected chi connectivity index (χ0v) is 15.3. The number of benzene rings is 2. The second-order valence-corrected chi connectivity index (χ2v) is 6.54. The van der Waals surface area contributed by atoms with Gasteiger partial charge in [0.1, 0.15) is 5.75 Å². The number of nitrogens with zero attached hydrogens (tertiary/aromatic N) is 1. The van der Waals surface area contributed by atoms with Crippen molar-refractivity contribution in [2.45, 2.75) is 25.7 Å². The first-order chi connectivity index (χ1) is 12.7. The normalized spacial score (nSPS) is 14.9. The molecule has 1 saturated heterocycles. The monoisotopic (exact) mass is 350 g/mol. The lowest BCUT2D eigenvalue weighted by atomic mass is 10.2. The average molecular weight is 350 g/mol. The van der Waals surface area contributed by atoms with E-state index < -0.39 is 0 Å². The van der Waals surface area contributed by atoms with Gasteiger partial charge >= 0.3 is 0 Å². The Labute approximate surface area is 155 Å². The van der Waals surface area contributed by atoms with Crippen molar-refractivity contribution in [3.05, 3.63) is 60.2 Å². The topological polar surface area (TPSA) is 41.6 Å². The lowest BCUT2D eigenvalue weighted by molar-refractivity contribution is -0.111. The van der Waals surface area contributed by atoms with Crippen LogP contribution >= 0.6 is 0 Å². The Bertz CT molecular complexity index is 728. The van der Waals surface area contributed by atoms with E-state index in [9.17, 15) is 4.79 Å². The van der Waals surface area contributed by atoms with Gasteiger partial charge < -0.3 is 15.0 Å². The molecule has 1 fully saturated rings. The smallest absolute Gasteiger partial charge is 0.248 e. The molecule has 4 nitrogen and oxygen atoms in total. The van der Waals surface area contributed by atoms with E-state index in [4.69, 9.17) is 4.74 Å². The Morgan fingerprint density at radius 2 is 1.62 bits per heavy atom. The third-order valence-electron chi connectivity index (χ3n) is 4.65. The fourth-order valence-corrected chi connectivity index (χ4v) is 3.16. The molecule has 1 N–H and O–H groups in total. The van der Waals surface area contributed by atoms with Gasteiger partial charge in [-0.3, -0.25) is 4.79 Å². The molecule has 0 spiro atoms. The summed E-state index contributed by atoms with van der Waals surface area (Å²) in [5.41, 5.74) is 3.00. The SMILES string of the molecule is COc1ccc(/C=C/C(=O)Nc2ccc(N3CCCCCC3)cc2)cc1. The molecule has 0 saturated carbocycles. The summed E-state index contributed by atoms with van der Waals surface area (Å²) in [4.78, 5) is 14.5. The van der Waals surface area contributed by atoms with Gasteiger partial charge in [0.25, 0.3) is 0 Å². The number of rotatable bonds is 5. The van der Waals surface area contributed by atoms with Crippen LogP contribution in [-0.2, 0) is 4.79 Å². The van der Waals surface area contributed by atoms with Crippen molar-refractivity contribution in [2.75, 3.05) is 30.4 Å². The number of amides is 1. The maximum atomic E-state index is 12.1. The fraction of sp³-hybridized carbons (Fsp3) is 0.318. The molecule has 2 aromatic carbocycles. The lowest BCUT2D eigenvalue weighted by Crippen LogP contribution is -2.23. The molecule has 0 aliphatic carbocycles. The number of hydrogen-bond donors (Lipinski definition) is 1. The van der Waals surface area contributed by atoms with Gasteiger partial charge in [0.2, 0.25) is 5.91 Å². The molecule has 26 heavy (non-hydrogen) atoms. The molecule has 4 heteroatoms. The van der Waals surface area contributed by atoms with Gasteiger partial charge in [-0.1, -0.05) is 25.0 Å². The molecule has 0 aromatic heterocycles. The molecule has 0 radical (unpaired) electrons. The van der Waals surface area contributed by atoms with Crippen molar-refractivity contribution < 1.29 is 9.53 Å². The lowest BCUT2D eigenvalue weighted by Gasteiger charge is -2.22. The molecule has 0 unspecified atom stereocenters. The molecule has 3 rings (SSSR count). The van der Waals surface area contributed by atoms with Gasteiger partial charge in [-0.15, -0.1) is 0 Å². The van der Waals surface area contributed by atoms with Gasteiger partial charge in [0.15, 0.2) is 0 Å². The number of anilines is 2. The third kappa shape index (κ3) is 5.12. The fourth-order valence-electron chi connectivity index (χ4n) is 3.16. The summed E-state index contributed by atoms with van der Waals surface area (Å²) in [6, 6.07) is 15.7. The molecular formula is C22H26N2O2. The van der Waals surface area contributed by atoms with Crippen molar-refractivity contribution in [3.63, 3.8) is 0 Å². The summed E-state index contributed by atoms with van der Waals surface area (Å²) < 4.78 is 5.13. The summed E-state index contributed by atoms with van der Waals surface area (Å²) in [6.07, 6.45) is 8.50. The van der Waals surface area contributed by atoms with Gasteiger partial charge in [-0.05, 0) is 60.9 Å². The minimum atomic E-state index is -0.136. The van der Waals surface area contributed by atoms with E-state index in [2.05, 4.69) is 22.3 Å². The molecule has 0 atom stereocenters. The number of nitrogens with one attached hydrogen (secondary N) is 1. The van der Waals surface area contributed by atoms with Crippen LogP contribution in [0.15, 0.2) is 54.6 Å². The molecule has 1 aliphatic heterocycles. The van der Waals surface area contributed by atoms with Crippen molar-refractivity contribution in [2.24, 2.45) is 0 Å². The first kappa shape index (κ1) is 18.1. The highest BCUT2D eigenvalue weighted by Crippen LogP contribution is 2.21. The van der Waals surface area contributed by atoms with Crippen LogP contribution in [0.2, 0.25) is 0 Å². The van der Waals surface area contributed by atoms with E-state index in [1.54, 1.807) is 19.3 Å². The van der Waals surface area contributed by atoms with Crippen LogP contribution < -0.4 is 15.0 Å². The molecule has 1 amide bonds. The summed E-state index contributed by atoms with van der Waals surface area (Å²) in [7, 11) is 1.64. The molecule has 136 valence electrons. The first-order valence-corrected chi connectivity index (χ1v) is 9.23. The van der Waals surface area contributed by atoms with Crippen LogP contribution in [0.5, 0.6) is 5.75 Å². The zero-order chi connectivity index (χ0) is 18.2. The van der Waals surface area contributed by atoms with Gasteiger partial charge in [-0.25, -0.2) is 0 Å². The van der Waals surface area contributed by atoms with E-state index in [0.717, 1.165) is 30.1 Å². The Kier molecular flexibility index (Phi) is 6.31. The zero-order valence-electron chi connectivity index (χ0n) is 15.3. The second kappa shape index (κ2) is 9.09. The van der Waals surface area contributed by atoms with Gasteiger partial charge in [-0.2, -0.15) is 0 Å². The van der Waals surface area contributed by atoms with Crippen LogP contribution in [0.4, 0.5) is 11.4 Å². The quantitative estimate of drug-likeness (QED) is 0.793. The average Bonchev–Trinajstić information content (AvgIpc) is 2.97. The summed E-state index contributed by atoms with van der Waals surface area (Å²) in [6.45, 7) is 2.24. The number of carbonyl (C=O) groups is 1. The number of hydrogen-bond acceptors (Lipinski definition) is 3. The summed E-state index contributed by atoms with van der Waals surface area (Å²) in [5.74, 6) is 0.666. The minimum Gasteiger partial charge on any atom is -0.497 e. The summed E-state index contributed by atoms with van der Waals surface area (Å²) >= 11 is 0. The van der Waals surface area contributed by atoms with Crippen molar-refractivity contribution in [3.8, 4) is 5.75 Å². The Morgan fingerprint density at radius 1 is 0.962 bits per heavy atom. The highest BCUT2D eigenvalue weighted by molar-refractivity contribution is 6.02. The molecule has 1 heterocycles. The predicted molar refractivity (Wildman–Crippen MR) is 108 cm³/mol. The van der Waals surface area contributed by atoms with E-state index >= 15 is 0 Å². The standard InChI is InChI=1S/C22H26N2O2/c1-26-21-13-6-18(7-14-21)8-15-22(25)23-19-9-11-20(12-10-19)24-16-4-2-3-5-17-24/h6-15H,2-5,16-17H2,1H3,(H,23,25)/b15-8+. The summed E-state index contributed by atoms with van der Waals surface area (Å²) in [5, 5.41) is 2.91. The maximum Gasteiger partial charge on any atom is 0.248 e. The van der Waals surface area contributed by atoms with Crippen LogP contribution in [0.1, 0.15) is 31.2 Å². The highest BCUT2D eigenvalue weighted by Gasteiger charge is 2.09. The van der Waals surface area contributed by atoms with Gasteiger partial charge in [0.05, 0.1) is 7.11 Å². The van der Waals surface area contributed by atoms with E-state index in [1.807, 2.05) is 36.4 Å². The number of ether oxygens (including phenoxy) is 1. The van der Waals surface area contributed by atoms with Crippen molar-refractivity contribution in [1.29, 1.82) is 0 Å². The van der Waals surface area contributed by atoms with Crippen molar-refractivity contribution in [1.82, 2.24) is 0 Å². The van der Waals surface area contributed by atoms with E-state index in [1.165, 1.54) is 31.4 Å². The Hall–Kier alpha value is -2.75. The van der Waals surface area contributed by atoms with Crippen LogP contribution in [0.3, 0.4) is 0 Å². The van der Waals surface area contributed by atoms with Crippen LogP contribution in [0, 0.1) is 0 Å². The van der Waals surface area contributed by atoms with Crippen molar-refractivity contribution >= 4 is 23.4 Å². The minimum absolute atomic E-state index is 0.136.